The number of carboxylic acids is 1. The molecule has 0 saturated heterocycles. The average Bonchev–Trinajstić information content (AvgIpc) is 2.37. The first-order valence-corrected chi connectivity index (χ1v) is 5.69. The third-order valence-electron chi connectivity index (χ3n) is 2.94. The maximum absolute atomic E-state index is 13.0. The zero-order chi connectivity index (χ0) is 14.9. The molecule has 0 saturated carbocycles. The van der Waals surface area contributed by atoms with E-state index in [0.29, 0.717) is 0 Å². The summed E-state index contributed by atoms with van der Waals surface area (Å²) in [5.41, 5.74) is -1.01. The van der Waals surface area contributed by atoms with E-state index in [4.69, 9.17) is 5.11 Å². The van der Waals surface area contributed by atoms with Crippen molar-refractivity contribution >= 4 is 11.8 Å². The van der Waals surface area contributed by atoms with Crippen molar-refractivity contribution in [3.63, 3.8) is 0 Å². The Kier molecular flexibility index (Phi) is 3.65. The molecule has 0 radical (unpaired) electrons. The number of aromatic nitrogens is 1. The van der Waals surface area contributed by atoms with Gasteiger partial charge in [0.25, 0.3) is 0 Å². The molecule has 4 nitrogen and oxygen atoms in total. The van der Waals surface area contributed by atoms with Crippen LogP contribution in [0.2, 0.25) is 0 Å². The van der Waals surface area contributed by atoms with Crippen LogP contribution in [-0.4, -0.2) is 35.3 Å². The molecule has 0 aromatic carbocycles. The number of hydrogen-bond acceptors (Lipinski definition) is 3. The summed E-state index contributed by atoms with van der Waals surface area (Å²) in [4.78, 5) is 16.1. The number of halogens is 4. The van der Waals surface area contributed by atoms with Gasteiger partial charge in [-0.05, 0) is 12.5 Å². The summed E-state index contributed by atoms with van der Waals surface area (Å²) in [7, 11) is 0. The Labute approximate surface area is 111 Å². The summed E-state index contributed by atoms with van der Waals surface area (Å²) in [5.74, 6) is -2.22. The molecule has 2 heterocycles. The fourth-order valence-electron chi connectivity index (χ4n) is 1.96. The molecule has 1 aliphatic heterocycles. The second-order valence-corrected chi connectivity index (χ2v) is 4.25. The Hall–Kier alpha value is -2.12. The third-order valence-corrected chi connectivity index (χ3v) is 2.94. The minimum absolute atomic E-state index is 0.0236. The SMILES string of the molecule is O=C(O)c1cc(F)cnc1N1CC=C(C(F)(F)F)CC1. The van der Waals surface area contributed by atoms with Crippen LogP contribution >= 0.6 is 0 Å². The lowest BCUT2D eigenvalue weighted by Crippen LogP contribution is -2.33. The van der Waals surface area contributed by atoms with Gasteiger partial charge in [-0.15, -0.1) is 0 Å². The quantitative estimate of drug-likeness (QED) is 0.672. The Morgan fingerprint density at radius 1 is 1.40 bits per heavy atom. The van der Waals surface area contributed by atoms with Crippen LogP contribution in [0.4, 0.5) is 23.4 Å². The van der Waals surface area contributed by atoms with Crippen molar-refractivity contribution in [1.82, 2.24) is 4.98 Å². The molecule has 0 aliphatic carbocycles. The van der Waals surface area contributed by atoms with Crippen molar-refractivity contribution < 1.29 is 27.5 Å². The molecule has 1 aromatic heterocycles. The number of nitrogens with zero attached hydrogens (tertiary/aromatic N) is 2. The lowest BCUT2D eigenvalue weighted by atomic mass is 10.1. The van der Waals surface area contributed by atoms with E-state index in [-0.39, 0.29) is 30.9 Å². The average molecular weight is 290 g/mol. The number of carboxylic acid groups (broad SMARTS) is 1. The molecule has 0 unspecified atom stereocenters. The van der Waals surface area contributed by atoms with Crippen molar-refractivity contribution in [1.29, 1.82) is 0 Å². The highest BCUT2D eigenvalue weighted by molar-refractivity contribution is 5.93. The molecule has 20 heavy (non-hydrogen) atoms. The number of hydrogen-bond donors (Lipinski definition) is 1. The van der Waals surface area contributed by atoms with Crippen molar-refractivity contribution in [3.05, 3.63) is 35.3 Å². The van der Waals surface area contributed by atoms with Crippen LogP contribution in [0.15, 0.2) is 23.9 Å². The summed E-state index contributed by atoms with van der Waals surface area (Å²) in [6.45, 7) is -0.141. The number of pyridine rings is 1. The number of alkyl halides is 3. The van der Waals surface area contributed by atoms with E-state index in [1.54, 1.807) is 0 Å². The summed E-state index contributed by atoms with van der Waals surface area (Å²) in [6, 6.07) is 0.799. The monoisotopic (exact) mass is 290 g/mol. The van der Waals surface area contributed by atoms with Crippen LogP contribution < -0.4 is 4.90 Å². The van der Waals surface area contributed by atoms with Crippen LogP contribution in [0.3, 0.4) is 0 Å². The lowest BCUT2D eigenvalue weighted by molar-refractivity contribution is -0.0944. The molecule has 1 aromatic rings. The minimum atomic E-state index is -4.38. The summed E-state index contributed by atoms with van der Waals surface area (Å²) in [5, 5.41) is 8.97. The normalized spacial score (nSPS) is 16.0. The molecule has 0 fully saturated rings. The first kappa shape index (κ1) is 14.3. The fourth-order valence-corrected chi connectivity index (χ4v) is 1.96. The van der Waals surface area contributed by atoms with E-state index in [0.717, 1.165) is 18.3 Å². The highest BCUT2D eigenvalue weighted by atomic mass is 19.4. The first-order valence-electron chi connectivity index (χ1n) is 5.69. The van der Waals surface area contributed by atoms with E-state index in [2.05, 4.69) is 4.98 Å². The van der Waals surface area contributed by atoms with Crippen LogP contribution in [0, 0.1) is 5.82 Å². The molecule has 1 N–H and O–H groups in total. The van der Waals surface area contributed by atoms with E-state index in [1.807, 2.05) is 0 Å². The van der Waals surface area contributed by atoms with E-state index in [9.17, 15) is 22.4 Å². The molecule has 0 spiro atoms. The van der Waals surface area contributed by atoms with Crippen molar-refractivity contribution in [3.8, 4) is 0 Å². The van der Waals surface area contributed by atoms with Gasteiger partial charge in [0.1, 0.15) is 17.2 Å². The Balaban J connectivity index is 2.27. The van der Waals surface area contributed by atoms with Gasteiger partial charge in [0.05, 0.1) is 6.20 Å². The molecular formula is C12H10F4N2O2. The van der Waals surface area contributed by atoms with Gasteiger partial charge in [-0.2, -0.15) is 13.2 Å². The predicted molar refractivity (Wildman–Crippen MR) is 62.1 cm³/mol. The zero-order valence-electron chi connectivity index (χ0n) is 10.1. The topological polar surface area (TPSA) is 53.4 Å². The number of carbonyl (C=O) groups is 1. The van der Waals surface area contributed by atoms with Crippen LogP contribution in [0.1, 0.15) is 16.8 Å². The van der Waals surface area contributed by atoms with Gasteiger partial charge in [0.2, 0.25) is 0 Å². The van der Waals surface area contributed by atoms with Crippen molar-refractivity contribution in [2.24, 2.45) is 0 Å². The van der Waals surface area contributed by atoms with Crippen LogP contribution in [0.5, 0.6) is 0 Å². The maximum atomic E-state index is 13.0. The molecule has 2 rings (SSSR count). The number of aromatic carboxylic acids is 1. The van der Waals surface area contributed by atoms with Gasteiger partial charge in [-0.1, -0.05) is 6.08 Å². The van der Waals surface area contributed by atoms with Gasteiger partial charge in [0, 0.05) is 18.7 Å². The standard InChI is InChI=1S/C12H10F4N2O2/c13-8-5-9(11(19)20)10(17-6-8)18-3-1-7(2-4-18)12(14,15)16/h1,5-6H,2-4H2,(H,19,20). The van der Waals surface area contributed by atoms with Gasteiger partial charge in [-0.3, -0.25) is 0 Å². The molecule has 108 valence electrons. The molecule has 8 heteroatoms. The van der Waals surface area contributed by atoms with Gasteiger partial charge >= 0.3 is 12.1 Å². The molecular weight excluding hydrogens is 280 g/mol. The fraction of sp³-hybridized carbons (Fsp3) is 0.333. The zero-order valence-corrected chi connectivity index (χ0v) is 10.1. The molecule has 0 atom stereocenters. The van der Waals surface area contributed by atoms with Gasteiger partial charge < -0.3 is 10.0 Å². The largest absolute Gasteiger partial charge is 0.478 e. The summed E-state index contributed by atoms with van der Waals surface area (Å²) < 4.78 is 50.4. The number of rotatable bonds is 2. The van der Waals surface area contributed by atoms with Gasteiger partial charge in [-0.25, -0.2) is 14.2 Å². The second kappa shape index (κ2) is 5.10. The van der Waals surface area contributed by atoms with E-state index in [1.165, 1.54) is 4.90 Å². The lowest BCUT2D eigenvalue weighted by Gasteiger charge is -2.29. The van der Waals surface area contributed by atoms with Crippen molar-refractivity contribution in [2.75, 3.05) is 18.0 Å². The maximum Gasteiger partial charge on any atom is 0.412 e. The summed E-state index contributed by atoms with van der Waals surface area (Å²) in [6.07, 6.45) is -2.81. The third kappa shape index (κ3) is 2.89. The highest BCUT2D eigenvalue weighted by Crippen LogP contribution is 2.31. The van der Waals surface area contributed by atoms with Crippen LogP contribution in [0.25, 0.3) is 0 Å². The Morgan fingerprint density at radius 3 is 2.60 bits per heavy atom. The van der Waals surface area contributed by atoms with E-state index >= 15 is 0 Å². The Morgan fingerprint density at radius 2 is 2.10 bits per heavy atom. The minimum Gasteiger partial charge on any atom is -0.478 e. The smallest absolute Gasteiger partial charge is 0.412 e. The molecule has 1 aliphatic rings. The van der Waals surface area contributed by atoms with Gasteiger partial charge in [0.15, 0.2) is 0 Å². The predicted octanol–water partition coefficient (Wildman–Crippen LogP) is 2.62. The molecule has 0 bridgehead atoms. The Bertz CT molecular complexity index is 569. The highest BCUT2D eigenvalue weighted by Gasteiger charge is 2.35. The second-order valence-electron chi connectivity index (χ2n) is 4.25. The first-order chi connectivity index (χ1) is 9.29. The van der Waals surface area contributed by atoms with Crippen LogP contribution in [-0.2, 0) is 0 Å². The summed E-state index contributed by atoms with van der Waals surface area (Å²) >= 11 is 0. The molecule has 0 amide bonds. The van der Waals surface area contributed by atoms with E-state index < -0.39 is 23.5 Å². The van der Waals surface area contributed by atoms with Crippen molar-refractivity contribution in [2.45, 2.75) is 12.6 Å². The number of anilines is 1.